The van der Waals surface area contributed by atoms with Crippen molar-refractivity contribution >= 4 is 17.3 Å². The lowest BCUT2D eigenvalue weighted by Gasteiger charge is -2.18. The smallest absolute Gasteiger partial charge is 0.398 e. The average Bonchev–Trinajstić information content (AvgIpc) is 2.17. The molecule has 0 saturated heterocycles. The highest BCUT2D eigenvalue weighted by atomic mass is 19.4. The second-order valence-corrected chi connectivity index (χ2v) is 4.31. The van der Waals surface area contributed by atoms with Gasteiger partial charge >= 0.3 is 6.18 Å². The number of carbonyl (C=O) groups is 1. The largest absolute Gasteiger partial charge is 0.418 e. The maximum absolute atomic E-state index is 12.6. The van der Waals surface area contributed by atoms with Crippen molar-refractivity contribution in [2.45, 2.75) is 25.6 Å². The first-order valence-corrected chi connectivity index (χ1v) is 5.02. The predicted molar refractivity (Wildman–Crippen MR) is 60.8 cm³/mol. The van der Waals surface area contributed by atoms with E-state index in [-0.39, 0.29) is 5.69 Å². The molecule has 0 aliphatic heterocycles. The van der Waals surface area contributed by atoms with Gasteiger partial charge in [-0.3, -0.25) is 4.79 Å². The van der Waals surface area contributed by atoms with Gasteiger partial charge < -0.3 is 16.2 Å². The Kier molecular flexibility index (Phi) is 3.57. The lowest BCUT2D eigenvalue weighted by Crippen LogP contribution is -2.36. The van der Waals surface area contributed by atoms with Crippen LogP contribution in [0.3, 0.4) is 0 Å². The van der Waals surface area contributed by atoms with E-state index in [0.29, 0.717) is 0 Å². The van der Waals surface area contributed by atoms with Gasteiger partial charge in [0.25, 0.3) is 5.91 Å². The van der Waals surface area contributed by atoms with Crippen LogP contribution in [0.2, 0.25) is 0 Å². The summed E-state index contributed by atoms with van der Waals surface area (Å²) in [6, 6.07) is 3.00. The van der Waals surface area contributed by atoms with Crippen LogP contribution < -0.4 is 11.1 Å². The molecule has 0 unspecified atom stereocenters. The zero-order chi connectivity index (χ0) is 14.1. The van der Waals surface area contributed by atoms with Crippen molar-refractivity contribution in [2.75, 3.05) is 11.1 Å². The first kappa shape index (κ1) is 14.3. The number of halogens is 3. The number of rotatable bonds is 2. The van der Waals surface area contributed by atoms with Crippen LogP contribution in [0.5, 0.6) is 0 Å². The molecule has 7 heteroatoms. The predicted octanol–water partition coefficient (Wildman–Crippen LogP) is 2.00. The molecule has 0 heterocycles. The lowest BCUT2D eigenvalue weighted by molar-refractivity contribution is -0.137. The number of anilines is 2. The number of amides is 1. The van der Waals surface area contributed by atoms with Gasteiger partial charge in [-0.05, 0) is 32.0 Å². The van der Waals surface area contributed by atoms with Crippen LogP contribution >= 0.6 is 0 Å². The van der Waals surface area contributed by atoms with Crippen molar-refractivity contribution in [1.82, 2.24) is 0 Å². The van der Waals surface area contributed by atoms with E-state index in [1.807, 2.05) is 0 Å². The van der Waals surface area contributed by atoms with E-state index in [0.717, 1.165) is 12.1 Å². The summed E-state index contributed by atoms with van der Waals surface area (Å²) in [5.74, 6) is -0.805. The van der Waals surface area contributed by atoms with Gasteiger partial charge in [0.15, 0.2) is 0 Å². The van der Waals surface area contributed by atoms with Gasteiger partial charge in [-0.25, -0.2) is 0 Å². The van der Waals surface area contributed by atoms with E-state index < -0.39 is 28.9 Å². The maximum Gasteiger partial charge on any atom is 0.418 e. The van der Waals surface area contributed by atoms with Gasteiger partial charge in [-0.1, -0.05) is 0 Å². The van der Waals surface area contributed by atoms with E-state index in [9.17, 15) is 23.1 Å². The third-order valence-electron chi connectivity index (χ3n) is 2.17. The molecule has 0 aromatic heterocycles. The molecule has 0 saturated carbocycles. The van der Waals surface area contributed by atoms with Gasteiger partial charge in [0.1, 0.15) is 5.60 Å². The topological polar surface area (TPSA) is 75.3 Å². The Bertz CT molecular complexity index is 464. The molecule has 100 valence electrons. The Morgan fingerprint density at radius 1 is 1.33 bits per heavy atom. The molecule has 0 aliphatic carbocycles. The molecule has 0 aliphatic rings. The van der Waals surface area contributed by atoms with Crippen molar-refractivity contribution in [3.8, 4) is 0 Å². The van der Waals surface area contributed by atoms with Gasteiger partial charge in [-0.2, -0.15) is 13.2 Å². The van der Waals surface area contributed by atoms with E-state index in [1.54, 1.807) is 0 Å². The van der Waals surface area contributed by atoms with E-state index in [4.69, 9.17) is 5.73 Å². The fourth-order valence-electron chi connectivity index (χ4n) is 1.16. The second kappa shape index (κ2) is 4.49. The van der Waals surface area contributed by atoms with E-state index in [1.165, 1.54) is 19.9 Å². The zero-order valence-corrected chi connectivity index (χ0v) is 9.80. The van der Waals surface area contributed by atoms with Crippen LogP contribution in [0.4, 0.5) is 24.5 Å². The number of alkyl halides is 3. The number of benzene rings is 1. The summed E-state index contributed by atoms with van der Waals surface area (Å²) in [6.45, 7) is 2.45. The van der Waals surface area contributed by atoms with Crippen LogP contribution in [0.15, 0.2) is 18.2 Å². The first-order chi connectivity index (χ1) is 8.01. The van der Waals surface area contributed by atoms with Crippen LogP contribution in [0.25, 0.3) is 0 Å². The molecule has 4 N–H and O–H groups in total. The van der Waals surface area contributed by atoms with Crippen LogP contribution in [0.1, 0.15) is 19.4 Å². The Labute approximate surface area is 102 Å². The second-order valence-electron chi connectivity index (χ2n) is 4.31. The Balaban J connectivity index is 3.04. The summed E-state index contributed by atoms with van der Waals surface area (Å²) in [4.78, 5) is 11.4. The molecule has 0 spiro atoms. The average molecular weight is 262 g/mol. The molecule has 1 rings (SSSR count). The van der Waals surface area contributed by atoms with Gasteiger partial charge in [0, 0.05) is 11.4 Å². The van der Waals surface area contributed by atoms with Crippen LogP contribution in [-0.4, -0.2) is 16.6 Å². The van der Waals surface area contributed by atoms with Gasteiger partial charge in [-0.15, -0.1) is 0 Å². The summed E-state index contributed by atoms with van der Waals surface area (Å²) < 4.78 is 37.7. The Morgan fingerprint density at radius 2 is 1.89 bits per heavy atom. The van der Waals surface area contributed by atoms with Crippen molar-refractivity contribution < 1.29 is 23.1 Å². The monoisotopic (exact) mass is 262 g/mol. The minimum Gasteiger partial charge on any atom is -0.398 e. The zero-order valence-electron chi connectivity index (χ0n) is 9.80. The number of nitrogens with one attached hydrogen (secondary N) is 1. The normalized spacial score (nSPS) is 12.3. The number of hydrogen-bond acceptors (Lipinski definition) is 3. The lowest BCUT2D eigenvalue weighted by atomic mass is 10.1. The molecular weight excluding hydrogens is 249 g/mol. The number of hydrogen-bond donors (Lipinski definition) is 3. The number of nitrogens with two attached hydrogens (primary N) is 1. The minimum atomic E-state index is -4.60. The molecule has 0 fully saturated rings. The number of carbonyl (C=O) groups excluding carboxylic acids is 1. The van der Waals surface area contributed by atoms with Crippen LogP contribution in [0, 0.1) is 0 Å². The van der Waals surface area contributed by atoms with Crippen molar-refractivity contribution in [3.63, 3.8) is 0 Å². The molecule has 18 heavy (non-hydrogen) atoms. The van der Waals surface area contributed by atoms with Gasteiger partial charge in [0.2, 0.25) is 0 Å². The molecule has 0 radical (unpaired) electrons. The highest BCUT2D eigenvalue weighted by molar-refractivity contribution is 5.96. The van der Waals surface area contributed by atoms with Gasteiger partial charge in [0.05, 0.1) is 5.56 Å². The Morgan fingerprint density at radius 3 is 2.33 bits per heavy atom. The summed E-state index contributed by atoms with van der Waals surface area (Å²) in [6.07, 6.45) is -4.60. The SMILES string of the molecule is CC(C)(O)C(=O)Nc1ccc(N)c(C(F)(F)F)c1. The summed E-state index contributed by atoms with van der Waals surface area (Å²) >= 11 is 0. The Hall–Kier alpha value is -1.76. The summed E-state index contributed by atoms with van der Waals surface area (Å²) in [7, 11) is 0. The molecular formula is C11H13F3N2O2. The molecule has 1 amide bonds. The van der Waals surface area contributed by atoms with Crippen LogP contribution in [-0.2, 0) is 11.0 Å². The summed E-state index contributed by atoms with van der Waals surface area (Å²) in [5, 5.41) is 11.5. The van der Waals surface area contributed by atoms with E-state index >= 15 is 0 Å². The molecule has 0 bridgehead atoms. The van der Waals surface area contributed by atoms with Crippen molar-refractivity contribution in [3.05, 3.63) is 23.8 Å². The minimum absolute atomic E-state index is 0.0800. The fourth-order valence-corrected chi connectivity index (χ4v) is 1.16. The molecule has 4 nitrogen and oxygen atoms in total. The van der Waals surface area contributed by atoms with E-state index in [2.05, 4.69) is 5.32 Å². The molecule has 1 aromatic rings. The third-order valence-corrected chi connectivity index (χ3v) is 2.17. The quantitative estimate of drug-likeness (QED) is 0.713. The van der Waals surface area contributed by atoms with Crippen molar-refractivity contribution in [1.29, 1.82) is 0 Å². The molecule has 1 aromatic carbocycles. The highest BCUT2D eigenvalue weighted by Crippen LogP contribution is 2.35. The maximum atomic E-state index is 12.6. The van der Waals surface area contributed by atoms with Crippen molar-refractivity contribution in [2.24, 2.45) is 0 Å². The summed E-state index contributed by atoms with van der Waals surface area (Å²) in [5.41, 5.74) is 1.99. The highest BCUT2D eigenvalue weighted by Gasteiger charge is 2.33. The number of aliphatic hydroxyl groups is 1. The number of nitrogen functional groups attached to an aromatic ring is 1. The fraction of sp³-hybridized carbons (Fsp3) is 0.364. The first-order valence-electron chi connectivity index (χ1n) is 5.02. The standard InChI is InChI=1S/C11H13F3N2O2/c1-10(2,18)9(17)16-6-3-4-8(15)7(5-6)11(12,13)14/h3-5,18H,15H2,1-2H3,(H,16,17). The molecule has 0 atom stereocenters. The third kappa shape index (κ3) is 3.36.